The third-order valence-electron chi connectivity index (χ3n) is 2.50. The number of aliphatic hydroxyl groups is 1. The molecule has 0 atom stereocenters. The maximum atomic E-state index is 11.3. The molecule has 106 valence electrons. The van der Waals surface area contributed by atoms with Crippen molar-refractivity contribution in [3.63, 3.8) is 0 Å². The number of aryl methyl sites for hydroxylation is 2. The van der Waals surface area contributed by atoms with E-state index < -0.39 is 0 Å². The van der Waals surface area contributed by atoms with E-state index in [1.807, 2.05) is 26.0 Å². The van der Waals surface area contributed by atoms with Crippen LogP contribution in [0.2, 0.25) is 5.02 Å². The molecule has 5 nitrogen and oxygen atoms in total. The lowest BCUT2D eigenvalue weighted by atomic mass is 10.1. The van der Waals surface area contributed by atoms with Crippen LogP contribution < -0.4 is 15.4 Å². The summed E-state index contributed by atoms with van der Waals surface area (Å²) in [6.07, 6.45) is 0.532. The molecule has 0 saturated carbocycles. The molecule has 3 N–H and O–H groups in total. The molecule has 6 heteroatoms. The number of hydrogen-bond acceptors (Lipinski definition) is 3. The summed E-state index contributed by atoms with van der Waals surface area (Å²) in [6, 6.07) is 3.32. The molecule has 0 aromatic heterocycles. The van der Waals surface area contributed by atoms with Gasteiger partial charge in [0, 0.05) is 18.2 Å². The maximum Gasteiger partial charge on any atom is 0.317 e. The predicted octanol–water partition coefficient (Wildman–Crippen LogP) is 1.97. The highest BCUT2D eigenvalue weighted by Crippen LogP contribution is 2.25. The van der Waals surface area contributed by atoms with Gasteiger partial charge in [-0.3, -0.25) is 0 Å². The number of rotatable bonds is 6. The Kier molecular flexibility index (Phi) is 6.45. The summed E-state index contributed by atoms with van der Waals surface area (Å²) in [5.74, 6) is 0.662. The number of carbonyl (C=O) groups excluding carboxylic acids is 1. The fourth-order valence-electron chi connectivity index (χ4n) is 1.52. The summed E-state index contributed by atoms with van der Waals surface area (Å²) in [4.78, 5) is 11.3. The minimum Gasteiger partial charge on any atom is -0.473 e. The number of urea groups is 1. The van der Waals surface area contributed by atoms with Crippen molar-refractivity contribution in [1.29, 1.82) is 0 Å². The fraction of sp³-hybridized carbons (Fsp3) is 0.462. The van der Waals surface area contributed by atoms with Crippen LogP contribution in [0, 0.1) is 13.8 Å². The van der Waals surface area contributed by atoms with Crippen molar-refractivity contribution in [3.8, 4) is 5.75 Å². The first-order valence-electron chi connectivity index (χ1n) is 6.06. The zero-order chi connectivity index (χ0) is 14.3. The van der Waals surface area contributed by atoms with Crippen molar-refractivity contribution in [3.05, 3.63) is 28.3 Å². The number of ether oxygens (including phenoxy) is 1. The standard InChI is InChI=1S/C13H19ClN2O3/c1-9-6-11(7-10(2)12(9)14)19-8-16-13(18)15-4-3-5-17/h6-7,17H,3-5,8H2,1-2H3,(H2,15,16,18). The molecule has 0 aliphatic carbocycles. The van der Waals surface area contributed by atoms with Crippen molar-refractivity contribution in [2.75, 3.05) is 19.9 Å². The van der Waals surface area contributed by atoms with Crippen molar-refractivity contribution in [2.45, 2.75) is 20.3 Å². The van der Waals surface area contributed by atoms with Crippen LogP contribution in [0.1, 0.15) is 17.5 Å². The van der Waals surface area contributed by atoms with E-state index >= 15 is 0 Å². The van der Waals surface area contributed by atoms with Gasteiger partial charge < -0.3 is 20.5 Å². The van der Waals surface area contributed by atoms with Crippen molar-refractivity contribution < 1.29 is 14.6 Å². The second-order valence-corrected chi connectivity index (χ2v) is 4.55. The van der Waals surface area contributed by atoms with Gasteiger partial charge in [0.1, 0.15) is 5.75 Å². The highest BCUT2D eigenvalue weighted by molar-refractivity contribution is 6.32. The first-order chi connectivity index (χ1) is 9.04. The van der Waals surface area contributed by atoms with Gasteiger partial charge in [0.05, 0.1) is 0 Å². The van der Waals surface area contributed by atoms with Crippen molar-refractivity contribution >= 4 is 17.6 Å². The van der Waals surface area contributed by atoms with E-state index in [2.05, 4.69) is 10.6 Å². The Hall–Kier alpha value is -1.46. The third kappa shape index (κ3) is 5.36. The number of amides is 2. The van der Waals surface area contributed by atoms with E-state index in [1.165, 1.54) is 0 Å². The van der Waals surface area contributed by atoms with Gasteiger partial charge in [-0.2, -0.15) is 0 Å². The van der Waals surface area contributed by atoms with Gasteiger partial charge >= 0.3 is 6.03 Å². The largest absolute Gasteiger partial charge is 0.473 e. The van der Waals surface area contributed by atoms with Crippen LogP contribution in [0.25, 0.3) is 0 Å². The highest BCUT2D eigenvalue weighted by atomic mass is 35.5. The Morgan fingerprint density at radius 3 is 2.53 bits per heavy atom. The molecule has 1 aromatic carbocycles. The first kappa shape index (κ1) is 15.6. The van der Waals surface area contributed by atoms with Crippen LogP contribution in [0.15, 0.2) is 12.1 Å². The van der Waals surface area contributed by atoms with Gasteiger partial charge in [0.15, 0.2) is 6.73 Å². The molecule has 1 rings (SSSR count). The number of halogens is 1. The lowest BCUT2D eigenvalue weighted by molar-refractivity contribution is 0.222. The van der Waals surface area contributed by atoms with E-state index in [1.54, 1.807) is 0 Å². The molecule has 0 radical (unpaired) electrons. The highest BCUT2D eigenvalue weighted by Gasteiger charge is 2.04. The number of benzene rings is 1. The van der Waals surface area contributed by atoms with E-state index in [4.69, 9.17) is 21.4 Å². The van der Waals surface area contributed by atoms with Crippen LogP contribution in [0.4, 0.5) is 4.79 Å². The number of aliphatic hydroxyl groups excluding tert-OH is 1. The maximum absolute atomic E-state index is 11.3. The zero-order valence-electron chi connectivity index (χ0n) is 11.1. The SMILES string of the molecule is Cc1cc(OCNC(=O)NCCCO)cc(C)c1Cl. The van der Waals surface area contributed by atoms with Crippen LogP contribution in [0.5, 0.6) is 5.75 Å². The van der Waals surface area contributed by atoms with Gasteiger partial charge in [-0.05, 0) is 43.5 Å². The molecule has 0 fully saturated rings. The Morgan fingerprint density at radius 1 is 1.32 bits per heavy atom. The first-order valence-corrected chi connectivity index (χ1v) is 6.44. The van der Waals surface area contributed by atoms with Crippen LogP contribution >= 0.6 is 11.6 Å². The van der Waals surface area contributed by atoms with Crippen molar-refractivity contribution in [2.24, 2.45) is 0 Å². The minimum atomic E-state index is -0.323. The summed E-state index contributed by atoms with van der Waals surface area (Å²) in [7, 11) is 0. The Labute approximate surface area is 117 Å². The number of hydrogen-bond donors (Lipinski definition) is 3. The molecular formula is C13H19ClN2O3. The lowest BCUT2D eigenvalue weighted by Gasteiger charge is -2.11. The Bertz CT molecular complexity index is 415. The summed E-state index contributed by atoms with van der Waals surface area (Å²) in [6.45, 7) is 4.36. The average molecular weight is 287 g/mol. The summed E-state index contributed by atoms with van der Waals surface area (Å²) in [5, 5.41) is 14.4. The molecule has 0 spiro atoms. The molecule has 0 bridgehead atoms. The van der Waals surface area contributed by atoms with E-state index in [0.29, 0.717) is 18.7 Å². The second-order valence-electron chi connectivity index (χ2n) is 4.17. The summed E-state index contributed by atoms with van der Waals surface area (Å²) < 4.78 is 5.42. The number of carbonyl (C=O) groups is 1. The molecule has 0 aliphatic heterocycles. The molecule has 1 aromatic rings. The average Bonchev–Trinajstić information content (AvgIpc) is 2.36. The smallest absolute Gasteiger partial charge is 0.317 e. The van der Waals surface area contributed by atoms with Gasteiger partial charge in [-0.25, -0.2) is 4.79 Å². The van der Waals surface area contributed by atoms with E-state index in [-0.39, 0.29) is 19.4 Å². The second kappa shape index (κ2) is 7.86. The van der Waals surface area contributed by atoms with Crippen LogP contribution in [0.3, 0.4) is 0 Å². The molecule has 2 amide bonds. The normalized spacial score (nSPS) is 10.1. The Morgan fingerprint density at radius 2 is 1.95 bits per heavy atom. The quantitative estimate of drug-likeness (QED) is 0.553. The fourth-order valence-corrected chi connectivity index (χ4v) is 1.63. The summed E-state index contributed by atoms with van der Waals surface area (Å²) in [5.41, 5.74) is 1.87. The van der Waals surface area contributed by atoms with Gasteiger partial charge in [0.2, 0.25) is 0 Å². The van der Waals surface area contributed by atoms with E-state index in [0.717, 1.165) is 16.1 Å². The topological polar surface area (TPSA) is 70.6 Å². The Balaban J connectivity index is 2.35. The molecule has 0 saturated heterocycles. The monoisotopic (exact) mass is 286 g/mol. The number of nitrogens with one attached hydrogen (secondary N) is 2. The van der Waals surface area contributed by atoms with E-state index in [9.17, 15) is 4.79 Å². The van der Waals surface area contributed by atoms with Gasteiger partial charge in [-0.1, -0.05) is 11.6 Å². The third-order valence-corrected chi connectivity index (χ3v) is 3.10. The molecule has 19 heavy (non-hydrogen) atoms. The minimum absolute atomic E-state index is 0.0557. The van der Waals surface area contributed by atoms with Gasteiger partial charge in [0.25, 0.3) is 0 Å². The van der Waals surface area contributed by atoms with Crippen molar-refractivity contribution in [1.82, 2.24) is 10.6 Å². The predicted molar refractivity (Wildman–Crippen MR) is 74.7 cm³/mol. The lowest BCUT2D eigenvalue weighted by Crippen LogP contribution is -2.38. The zero-order valence-corrected chi connectivity index (χ0v) is 11.9. The molecular weight excluding hydrogens is 268 g/mol. The van der Waals surface area contributed by atoms with Gasteiger partial charge in [-0.15, -0.1) is 0 Å². The molecule has 0 aliphatic rings. The van der Waals surface area contributed by atoms with Crippen LogP contribution in [-0.4, -0.2) is 31.0 Å². The molecule has 0 unspecified atom stereocenters. The molecule has 0 heterocycles. The summed E-state index contributed by atoms with van der Waals surface area (Å²) >= 11 is 6.05. The van der Waals surface area contributed by atoms with Crippen LogP contribution in [-0.2, 0) is 0 Å².